The number of benzene rings is 2. The first-order chi connectivity index (χ1) is 15.5. The Kier molecular flexibility index (Phi) is 5.78. The van der Waals surface area contributed by atoms with E-state index < -0.39 is 6.10 Å². The Morgan fingerprint density at radius 3 is 2.47 bits per heavy atom. The number of piperidine rings is 1. The van der Waals surface area contributed by atoms with E-state index in [9.17, 15) is 9.90 Å². The molecule has 1 atom stereocenters. The van der Waals surface area contributed by atoms with Crippen LogP contribution in [-0.4, -0.2) is 38.8 Å². The van der Waals surface area contributed by atoms with Crippen molar-refractivity contribution in [1.82, 2.24) is 14.7 Å². The third-order valence-corrected chi connectivity index (χ3v) is 7.22. The minimum Gasteiger partial charge on any atom is -0.388 e. The van der Waals surface area contributed by atoms with Crippen LogP contribution in [0.2, 0.25) is 5.02 Å². The molecule has 1 saturated carbocycles. The van der Waals surface area contributed by atoms with Gasteiger partial charge in [0, 0.05) is 24.0 Å². The SMILES string of the molecule is Cc1ccc(-n2ncc(C(=O)N3CCC(C(O)c4ccccc4)CC3)c2C2CC2)cc1Cl. The smallest absolute Gasteiger partial charge is 0.257 e. The van der Waals surface area contributed by atoms with Crippen molar-refractivity contribution >= 4 is 17.5 Å². The molecule has 1 unspecified atom stereocenters. The molecule has 166 valence electrons. The van der Waals surface area contributed by atoms with E-state index in [1.165, 1.54) is 0 Å². The van der Waals surface area contributed by atoms with Crippen molar-refractivity contribution in [3.05, 3.63) is 82.1 Å². The van der Waals surface area contributed by atoms with Gasteiger partial charge in [0.25, 0.3) is 5.91 Å². The van der Waals surface area contributed by atoms with Crippen LogP contribution in [0.25, 0.3) is 5.69 Å². The van der Waals surface area contributed by atoms with E-state index >= 15 is 0 Å². The number of nitrogens with zero attached hydrogens (tertiary/aromatic N) is 3. The van der Waals surface area contributed by atoms with Crippen LogP contribution in [-0.2, 0) is 0 Å². The third-order valence-electron chi connectivity index (χ3n) is 6.82. The van der Waals surface area contributed by atoms with Crippen LogP contribution in [0, 0.1) is 12.8 Å². The molecule has 6 heteroatoms. The largest absolute Gasteiger partial charge is 0.388 e. The van der Waals surface area contributed by atoms with Gasteiger partial charge in [-0.15, -0.1) is 0 Å². The lowest BCUT2D eigenvalue weighted by Crippen LogP contribution is -2.40. The molecule has 1 amide bonds. The molecule has 1 aliphatic heterocycles. The number of aliphatic hydroxyl groups excluding tert-OH is 1. The van der Waals surface area contributed by atoms with Gasteiger partial charge in [0.05, 0.1) is 29.2 Å². The van der Waals surface area contributed by atoms with E-state index in [1.807, 2.05) is 65.0 Å². The standard InChI is InChI=1S/C26H28ClN3O2/c1-17-7-10-21(15-23(17)27)30-24(18-8-9-18)22(16-28-30)26(32)29-13-11-20(12-14-29)25(31)19-5-3-2-4-6-19/h2-7,10,15-16,18,20,25,31H,8-9,11-14H2,1H3. The maximum atomic E-state index is 13.4. The number of aliphatic hydroxyl groups is 1. The summed E-state index contributed by atoms with van der Waals surface area (Å²) in [7, 11) is 0. The van der Waals surface area contributed by atoms with E-state index in [0.717, 1.165) is 48.2 Å². The average molecular weight is 450 g/mol. The number of amides is 1. The number of halogens is 1. The van der Waals surface area contributed by atoms with Gasteiger partial charge < -0.3 is 10.0 Å². The second-order valence-electron chi connectivity index (χ2n) is 9.05. The number of hydrogen-bond acceptors (Lipinski definition) is 3. The molecule has 0 spiro atoms. The fourth-order valence-corrected chi connectivity index (χ4v) is 4.88. The van der Waals surface area contributed by atoms with Crippen molar-refractivity contribution in [2.75, 3.05) is 13.1 Å². The molecule has 5 rings (SSSR count). The van der Waals surface area contributed by atoms with Crippen molar-refractivity contribution < 1.29 is 9.90 Å². The second-order valence-corrected chi connectivity index (χ2v) is 9.46. The Morgan fingerprint density at radius 1 is 1.09 bits per heavy atom. The third kappa shape index (κ3) is 4.07. The first kappa shape index (κ1) is 21.2. The van der Waals surface area contributed by atoms with Gasteiger partial charge in [-0.2, -0.15) is 5.10 Å². The van der Waals surface area contributed by atoms with E-state index in [2.05, 4.69) is 5.10 Å². The van der Waals surface area contributed by atoms with Crippen LogP contribution < -0.4 is 0 Å². The number of carbonyl (C=O) groups is 1. The van der Waals surface area contributed by atoms with Crippen molar-refractivity contribution in [1.29, 1.82) is 0 Å². The zero-order chi connectivity index (χ0) is 22.2. The molecule has 2 heterocycles. The monoisotopic (exact) mass is 449 g/mol. The Balaban J connectivity index is 1.33. The molecule has 2 fully saturated rings. The number of hydrogen-bond donors (Lipinski definition) is 1. The summed E-state index contributed by atoms with van der Waals surface area (Å²) in [6.45, 7) is 3.28. The average Bonchev–Trinajstić information content (AvgIpc) is 3.58. The molecule has 1 saturated heterocycles. The van der Waals surface area contributed by atoms with Crippen molar-refractivity contribution in [3.63, 3.8) is 0 Å². The molecule has 1 aliphatic carbocycles. The predicted molar refractivity (Wildman–Crippen MR) is 125 cm³/mol. The number of carbonyl (C=O) groups excluding carboxylic acids is 1. The lowest BCUT2D eigenvalue weighted by atomic mass is 9.87. The predicted octanol–water partition coefficient (Wildman–Crippen LogP) is 5.30. The van der Waals surface area contributed by atoms with Gasteiger partial charge in [0.1, 0.15) is 0 Å². The molecule has 2 aliphatic rings. The highest BCUT2D eigenvalue weighted by Crippen LogP contribution is 2.43. The molecular weight excluding hydrogens is 422 g/mol. The van der Waals surface area contributed by atoms with Gasteiger partial charge >= 0.3 is 0 Å². The summed E-state index contributed by atoms with van der Waals surface area (Å²) in [5.74, 6) is 0.583. The lowest BCUT2D eigenvalue weighted by Gasteiger charge is -2.34. The number of aryl methyl sites for hydroxylation is 1. The van der Waals surface area contributed by atoms with Gasteiger partial charge in [-0.3, -0.25) is 4.79 Å². The molecule has 32 heavy (non-hydrogen) atoms. The first-order valence-corrected chi connectivity index (χ1v) is 11.8. The molecule has 1 N–H and O–H groups in total. The van der Waals surface area contributed by atoms with Crippen LogP contribution in [0.1, 0.15) is 64.9 Å². The zero-order valence-corrected chi connectivity index (χ0v) is 19.0. The van der Waals surface area contributed by atoms with Crippen molar-refractivity contribution in [3.8, 4) is 5.69 Å². The van der Waals surface area contributed by atoms with E-state index in [1.54, 1.807) is 6.20 Å². The molecular formula is C26H28ClN3O2. The van der Waals surface area contributed by atoms with Crippen molar-refractivity contribution in [2.24, 2.45) is 5.92 Å². The topological polar surface area (TPSA) is 58.4 Å². The van der Waals surface area contributed by atoms with Crippen LogP contribution in [0.3, 0.4) is 0 Å². The number of rotatable bonds is 5. The summed E-state index contributed by atoms with van der Waals surface area (Å²) in [4.78, 5) is 15.4. The minimum atomic E-state index is -0.482. The molecule has 2 aromatic carbocycles. The highest BCUT2D eigenvalue weighted by atomic mass is 35.5. The fourth-order valence-electron chi connectivity index (χ4n) is 4.70. The minimum absolute atomic E-state index is 0.0454. The summed E-state index contributed by atoms with van der Waals surface area (Å²) < 4.78 is 1.89. The maximum absolute atomic E-state index is 13.4. The van der Waals surface area contributed by atoms with Crippen LogP contribution in [0.4, 0.5) is 0 Å². The van der Waals surface area contributed by atoms with Gasteiger partial charge in [-0.25, -0.2) is 4.68 Å². The molecule has 5 nitrogen and oxygen atoms in total. The van der Waals surface area contributed by atoms with Crippen LogP contribution in [0.5, 0.6) is 0 Å². The van der Waals surface area contributed by atoms with Crippen molar-refractivity contribution in [2.45, 2.75) is 44.6 Å². The fraction of sp³-hybridized carbons (Fsp3) is 0.385. The van der Waals surface area contributed by atoms with Gasteiger partial charge in [0.2, 0.25) is 0 Å². The number of aromatic nitrogens is 2. The van der Waals surface area contributed by atoms with Gasteiger partial charge in [-0.05, 0) is 61.8 Å². The molecule has 0 bridgehead atoms. The Labute approximate surface area is 193 Å². The quantitative estimate of drug-likeness (QED) is 0.575. The van der Waals surface area contributed by atoms with E-state index in [0.29, 0.717) is 29.6 Å². The zero-order valence-electron chi connectivity index (χ0n) is 18.2. The normalized spacial score (nSPS) is 18.0. The summed E-state index contributed by atoms with van der Waals surface area (Å²) in [5, 5.41) is 16.0. The number of likely N-dealkylation sites (tertiary alicyclic amines) is 1. The highest BCUT2D eigenvalue weighted by Gasteiger charge is 2.36. The molecule has 3 aromatic rings. The van der Waals surface area contributed by atoms with Gasteiger partial charge in [0.15, 0.2) is 0 Å². The Morgan fingerprint density at radius 2 is 1.81 bits per heavy atom. The Bertz CT molecular complexity index is 1120. The Hall–Kier alpha value is -2.63. The van der Waals surface area contributed by atoms with Crippen LogP contribution >= 0.6 is 11.6 Å². The highest BCUT2D eigenvalue weighted by molar-refractivity contribution is 6.31. The maximum Gasteiger partial charge on any atom is 0.257 e. The van der Waals surface area contributed by atoms with Crippen LogP contribution in [0.15, 0.2) is 54.7 Å². The summed E-state index contributed by atoms with van der Waals surface area (Å²) in [6.07, 6.45) is 4.98. The summed E-state index contributed by atoms with van der Waals surface area (Å²) >= 11 is 6.35. The van der Waals surface area contributed by atoms with E-state index in [-0.39, 0.29) is 11.8 Å². The summed E-state index contributed by atoms with van der Waals surface area (Å²) in [6, 6.07) is 15.7. The van der Waals surface area contributed by atoms with E-state index in [4.69, 9.17) is 11.6 Å². The first-order valence-electron chi connectivity index (χ1n) is 11.4. The molecule has 0 radical (unpaired) electrons. The lowest BCUT2D eigenvalue weighted by molar-refractivity contribution is 0.0461. The molecule has 1 aromatic heterocycles. The summed E-state index contributed by atoms with van der Waals surface area (Å²) in [5.41, 5.74) is 4.57. The second kappa shape index (κ2) is 8.72. The van der Waals surface area contributed by atoms with Gasteiger partial charge in [-0.1, -0.05) is 48.0 Å².